The molecule has 38 heavy (non-hydrogen) atoms. The van der Waals surface area contributed by atoms with Crippen LogP contribution in [-0.4, -0.2) is 51.2 Å². The Labute approximate surface area is 221 Å². The number of alkyl halides is 3. The fourth-order valence-corrected chi connectivity index (χ4v) is 4.16. The second-order valence-corrected chi connectivity index (χ2v) is 9.07. The van der Waals surface area contributed by atoms with Gasteiger partial charge in [-0.1, -0.05) is 66.2 Å². The molecule has 1 aromatic heterocycles. The standard InChI is InChI=1S/C26H26ClF3N4O4/c1-16-21(27)32-22(23(35)34(16)20(24(36)37)14-17-7-4-3-5-8-17)31-12-11-18-9-6-10-19(13-18)15-33(2)25(38)26(28,29)30/h3-10,13,20H,11-12,14-15H2,1-2H3,(H,31,32)(H,36,37). The second-order valence-electron chi connectivity index (χ2n) is 8.71. The van der Waals surface area contributed by atoms with Crippen LogP contribution in [0.15, 0.2) is 59.4 Å². The molecular formula is C26H26ClF3N4O4. The van der Waals surface area contributed by atoms with Crippen molar-refractivity contribution >= 4 is 29.3 Å². The van der Waals surface area contributed by atoms with Gasteiger partial charge in [0.2, 0.25) is 0 Å². The van der Waals surface area contributed by atoms with Crippen LogP contribution < -0.4 is 10.9 Å². The molecule has 1 unspecified atom stereocenters. The molecule has 2 aromatic carbocycles. The lowest BCUT2D eigenvalue weighted by Gasteiger charge is -2.20. The average molecular weight is 551 g/mol. The SMILES string of the molecule is Cc1c(Cl)nc(NCCc2cccc(CN(C)C(=O)C(F)(F)F)c2)c(=O)n1C(Cc1ccccc1)C(=O)O. The monoisotopic (exact) mass is 550 g/mol. The van der Waals surface area contributed by atoms with Crippen molar-refractivity contribution in [2.24, 2.45) is 0 Å². The maximum absolute atomic E-state index is 13.2. The summed E-state index contributed by atoms with van der Waals surface area (Å²) in [5.74, 6) is -3.25. The molecule has 202 valence electrons. The van der Waals surface area contributed by atoms with Crippen molar-refractivity contribution in [2.75, 3.05) is 18.9 Å². The number of benzene rings is 2. The van der Waals surface area contributed by atoms with E-state index in [0.717, 1.165) is 22.7 Å². The average Bonchev–Trinajstić information content (AvgIpc) is 2.86. The highest BCUT2D eigenvalue weighted by Gasteiger charge is 2.41. The van der Waals surface area contributed by atoms with Crippen LogP contribution >= 0.6 is 11.6 Å². The molecule has 0 bridgehead atoms. The van der Waals surface area contributed by atoms with E-state index in [1.165, 1.54) is 6.92 Å². The Morgan fingerprint density at radius 3 is 2.37 bits per heavy atom. The van der Waals surface area contributed by atoms with Crippen molar-refractivity contribution in [1.29, 1.82) is 0 Å². The number of hydrogen-bond acceptors (Lipinski definition) is 5. The van der Waals surface area contributed by atoms with Crippen LogP contribution in [0.25, 0.3) is 0 Å². The summed E-state index contributed by atoms with van der Waals surface area (Å²) in [6, 6.07) is 14.4. The lowest BCUT2D eigenvalue weighted by Crippen LogP contribution is -2.37. The van der Waals surface area contributed by atoms with Gasteiger partial charge >= 0.3 is 18.1 Å². The van der Waals surface area contributed by atoms with Crippen molar-refractivity contribution in [1.82, 2.24) is 14.5 Å². The number of aliphatic carboxylic acids is 1. The summed E-state index contributed by atoms with van der Waals surface area (Å²) in [6.07, 6.45) is -4.52. The number of rotatable bonds is 10. The van der Waals surface area contributed by atoms with E-state index >= 15 is 0 Å². The summed E-state index contributed by atoms with van der Waals surface area (Å²) >= 11 is 6.25. The molecule has 8 nitrogen and oxygen atoms in total. The van der Waals surface area contributed by atoms with Gasteiger partial charge in [0.15, 0.2) is 11.0 Å². The third kappa shape index (κ3) is 7.12. The first-order valence-corrected chi connectivity index (χ1v) is 12.0. The Morgan fingerprint density at radius 1 is 1.11 bits per heavy atom. The molecule has 0 fully saturated rings. The van der Waals surface area contributed by atoms with Crippen LogP contribution in [0.2, 0.25) is 5.15 Å². The number of amides is 1. The Kier molecular flexibility index (Phi) is 9.16. The smallest absolute Gasteiger partial charge is 0.471 e. The van der Waals surface area contributed by atoms with Crippen LogP contribution in [0.1, 0.15) is 28.4 Å². The zero-order valence-corrected chi connectivity index (χ0v) is 21.4. The minimum atomic E-state index is -4.95. The topological polar surface area (TPSA) is 105 Å². The number of hydrogen-bond donors (Lipinski definition) is 2. The Morgan fingerprint density at radius 2 is 1.74 bits per heavy atom. The van der Waals surface area contributed by atoms with Crippen LogP contribution in [0.3, 0.4) is 0 Å². The van der Waals surface area contributed by atoms with E-state index in [9.17, 15) is 32.7 Å². The molecule has 1 amide bonds. The summed E-state index contributed by atoms with van der Waals surface area (Å²) in [5, 5.41) is 12.7. The van der Waals surface area contributed by atoms with E-state index < -0.39 is 29.7 Å². The van der Waals surface area contributed by atoms with Gasteiger partial charge in [-0.2, -0.15) is 13.2 Å². The number of nitrogens with zero attached hydrogens (tertiary/aromatic N) is 3. The largest absolute Gasteiger partial charge is 0.480 e. The summed E-state index contributed by atoms with van der Waals surface area (Å²) in [4.78, 5) is 41.4. The summed E-state index contributed by atoms with van der Waals surface area (Å²) in [7, 11) is 1.07. The van der Waals surface area contributed by atoms with Crippen molar-refractivity contribution in [2.45, 2.75) is 38.5 Å². The third-order valence-electron chi connectivity index (χ3n) is 5.87. The van der Waals surface area contributed by atoms with Gasteiger partial charge in [0.05, 0.1) is 5.69 Å². The number of nitrogens with one attached hydrogen (secondary N) is 1. The molecule has 0 aliphatic rings. The van der Waals surface area contributed by atoms with Gasteiger partial charge < -0.3 is 15.3 Å². The number of carboxylic acid groups (broad SMARTS) is 1. The number of aromatic nitrogens is 2. The predicted octanol–water partition coefficient (Wildman–Crippen LogP) is 4.25. The van der Waals surface area contributed by atoms with Gasteiger partial charge in [0, 0.05) is 26.6 Å². The Balaban J connectivity index is 1.75. The van der Waals surface area contributed by atoms with E-state index in [0.29, 0.717) is 16.9 Å². The minimum Gasteiger partial charge on any atom is -0.480 e. The van der Waals surface area contributed by atoms with E-state index in [4.69, 9.17) is 11.6 Å². The molecule has 0 aliphatic heterocycles. The summed E-state index contributed by atoms with van der Waals surface area (Å²) < 4.78 is 39.1. The third-order valence-corrected chi connectivity index (χ3v) is 6.22. The minimum absolute atomic E-state index is 0.0224. The Hall–Kier alpha value is -3.86. The predicted molar refractivity (Wildman–Crippen MR) is 136 cm³/mol. The highest BCUT2D eigenvalue weighted by Crippen LogP contribution is 2.21. The summed E-state index contributed by atoms with van der Waals surface area (Å²) in [5.41, 5.74) is 1.56. The maximum Gasteiger partial charge on any atom is 0.471 e. The zero-order chi connectivity index (χ0) is 28.0. The number of carbonyl (C=O) groups is 2. The lowest BCUT2D eigenvalue weighted by molar-refractivity contribution is -0.184. The fourth-order valence-electron chi connectivity index (χ4n) is 3.98. The van der Waals surface area contributed by atoms with Crippen molar-refractivity contribution < 1.29 is 27.9 Å². The van der Waals surface area contributed by atoms with Gasteiger partial charge in [-0.25, -0.2) is 9.78 Å². The zero-order valence-electron chi connectivity index (χ0n) is 20.6. The first-order chi connectivity index (χ1) is 17.9. The number of anilines is 1. The van der Waals surface area contributed by atoms with Crippen LogP contribution in [0.4, 0.5) is 19.0 Å². The molecule has 0 spiro atoms. The van der Waals surface area contributed by atoms with Gasteiger partial charge in [-0.15, -0.1) is 0 Å². The van der Waals surface area contributed by atoms with Crippen molar-refractivity contribution in [3.63, 3.8) is 0 Å². The normalized spacial score (nSPS) is 12.2. The van der Waals surface area contributed by atoms with E-state index in [-0.39, 0.29) is 36.2 Å². The quantitative estimate of drug-likeness (QED) is 0.391. The highest BCUT2D eigenvalue weighted by molar-refractivity contribution is 6.30. The molecule has 2 N–H and O–H groups in total. The molecule has 3 rings (SSSR count). The molecule has 0 saturated carbocycles. The van der Waals surface area contributed by atoms with Crippen LogP contribution in [-0.2, 0) is 29.0 Å². The van der Waals surface area contributed by atoms with Gasteiger partial charge in [-0.3, -0.25) is 14.2 Å². The van der Waals surface area contributed by atoms with Gasteiger partial charge in [0.25, 0.3) is 5.56 Å². The molecule has 12 heteroatoms. The molecule has 0 aliphatic carbocycles. The molecular weight excluding hydrogens is 525 g/mol. The number of halogens is 4. The number of carbonyl (C=O) groups excluding carboxylic acids is 1. The second kappa shape index (κ2) is 12.1. The van der Waals surface area contributed by atoms with Crippen LogP contribution in [0, 0.1) is 6.92 Å². The first kappa shape index (κ1) is 28.7. The summed E-state index contributed by atoms with van der Waals surface area (Å²) in [6.45, 7) is 1.50. The maximum atomic E-state index is 13.2. The van der Waals surface area contributed by atoms with Crippen molar-refractivity contribution in [3.05, 3.63) is 92.5 Å². The Bertz CT molecular complexity index is 1360. The first-order valence-electron chi connectivity index (χ1n) is 11.6. The molecule has 1 atom stereocenters. The van der Waals surface area contributed by atoms with E-state index in [1.807, 2.05) is 0 Å². The fraction of sp³-hybridized carbons (Fsp3) is 0.308. The van der Waals surface area contributed by atoms with E-state index in [2.05, 4.69) is 10.3 Å². The lowest BCUT2D eigenvalue weighted by atomic mass is 10.1. The molecule has 0 saturated heterocycles. The molecule has 0 radical (unpaired) electrons. The molecule has 3 aromatic rings. The van der Waals surface area contributed by atoms with Crippen LogP contribution in [0.5, 0.6) is 0 Å². The van der Waals surface area contributed by atoms with E-state index in [1.54, 1.807) is 54.6 Å². The van der Waals surface area contributed by atoms with Crippen molar-refractivity contribution in [3.8, 4) is 0 Å². The van der Waals surface area contributed by atoms with Gasteiger partial charge in [0.1, 0.15) is 6.04 Å². The van der Waals surface area contributed by atoms with Gasteiger partial charge in [-0.05, 0) is 30.0 Å². The molecule has 1 heterocycles. The number of carboxylic acids is 1. The highest BCUT2D eigenvalue weighted by atomic mass is 35.5.